The second-order valence-corrected chi connectivity index (χ2v) is 6.60. The number of hydrogen-bond donors (Lipinski definition) is 0. The molecule has 0 spiro atoms. The Labute approximate surface area is 141 Å². The minimum absolute atomic E-state index is 0.0915. The number of carbonyl (C=O) groups is 1. The lowest BCUT2D eigenvalue weighted by Crippen LogP contribution is -2.38. The zero-order valence-electron chi connectivity index (χ0n) is 13.6. The first kappa shape index (κ1) is 17.3. The highest BCUT2D eigenvalue weighted by atomic mass is 32.2. The number of carbonyl (C=O) groups excluding carboxylic acids is 1. The van der Waals surface area contributed by atoms with E-state index in [2.05, 4.69) is 28.9 Å². The molecule has 0 aliphatic carbocycles. The van der Waals surface area contributed by atoms with Crippen LogP contribution in [0.1, 0.15) is 12.5 Å². The highest BCUT2D eigenvalue weighted by Gasteiger charge is 2.22. The van der Waals surface area contributed by atoms with Crippen LogP contribution in [0, 0.1) is 0 Å². The minimum Gasteiger partial charge on any atom is -0.338 e. The summed E-state index contributed by atoms with van der Waals surface area (Å²) in [5.74, 6) is 0.0915. The summed E-state index contributed by atoms with van der Waals surface area (Å²) in [6.45, 7) is 6.89. The molecular weight excluding hydrogens is 308 g/mol. The van der Waals surface area contributed by atoms with Crippen LogP contribution in [0.5, 0.6) is 0 Å². The van der Waals surface area contributed by atoms with Crippen LogP contribution in [-0.2, 0) is 18.3 Å². The molecule has 0 aliphatic heterocycles. The number of nitrogens with zero attached hydrogens (tertiary/aromatic N) is 4. The maximum absolute atomic E-state index is 12.7. The van der Waals surface area contributed by atoms with Crippen LogP contribution < -0.4 is 0 Å². The zero-order valence-corrected chi connectivity index (χ0v) is 14.4. The zero-order chi connectivity index (χ0) is 16.7. The molecule has 0 saturated carbocycles. The molecule has 2 aromatic rings. The van der Waals surface area contributed by atoms with E-state index in [1.807, 2.05) is 41.6 Å². The summed E-state index contributed by atoms with van der Waals surface area (Å²) < 4.78 is 1.82. The summed E-state index contributed by atoms with van der Waals surface area (Å²) in [6.07, 6.45) is 4.24. The van der Waals surface area contributed by atoms with E-state index >= 15 is 0 Å². The summed E-state index contributed by atoms with van der Waals surface area (Å²) in [5, 5.41) is 8.39. The van der Waals surface area contributed by atoms with Crippen LogP contribution in [0.2, 0.25) is 0 Å². The molecule has 0 N–H and O–H groups in total. The van der Waals surface area contributed by atoms with Crippen LogP contribution in [0.15, 0.2) is 54.5 Å². The average Bonchev–Trinajstić information content (AvgIpc) is 2.96. The third kappa shape index (κ3) is 4.96. The lowest BCUT2D eigenvalue weighted by atomic mass is 10.1. The van der Waals surface area contributed by atoms with Crippen LogP contribution >= 0.6 is 11.8 Å². The van der Waals surface area contributed by atoms with Crippen molar-refractivity contribution in [3.05, 3.63) is 54.9 Å². The molecule has 1 aromatic heterocycles. The van der Waals surface area contributed by atoms with Gasteiger partial charge in [0.05, 0.1) is 5.25 Å². The van der Waals surface area contributed by atoms with Crippen LogP contribution in [-0.4, -0.2) is 43.9 Å². The third-order valence-corrected chi connectivity index (χ3v) is 4.61. The van der Waals surface area contributed by atoms with E-state index in [-0.39, 0.29) is 11.2 Å². The van der Waals surface area contributed by atoms with Crippen LogP contribution in [0.3, 0.4) is 0 Å². The Hall–Kier alpha value is -2.08. The van der Waals surface area contributed by atoms with Gasteiger partial charge in [-0.05, 0) is 18.9 Å². The Morgan fingerprint density at radius 1 is 1.43 bits per heavy atom. The van der Waals surface area contributed by atoms with Gasteiger partial charge in [-0.2, -0.15) is 0 Å². The SMILES string of the molecule is C=CCN(CCc1ccccc1)C(=O)C(C)Sc1nncn1C. The monoisotopic (exact) mass is 330 g/mol. The fourth-order valence-corrected chi connectivity index (χ4v) is 3.07. The van der Waals surface area contributed by atoms with Gasteiger partial charge in [-0.3, -0.25) is 4.79 Å². The second kappa shape index (κ2) is 8.53. The molecule has 0 bridgehead atoms. The minimum atomic E-state index is -0.214. The van der Waals surface area contributed by atoms with Crippen molar-refractivity contribution in [2.45, 2.75) is 23.8 Å². The van der Waals surface area contributed by atoms with Gasteiger partial charge < -0.3 is 9.47 Å². The van der Waals surface area contributed by atoms with E-state index in [9.17, 15) is 4.79 Å². The van der Waals surface area contributed by atoms with Crippen molar-refractivity contribution in [1.82, 2.24) is 19.7 Å². The molecule has 1 aromatic carbocycles. The van der Waals surface area contributed by atoms with Crippen molar-refractivity contribution >= 4 is 17.7 Å². The number of aryl methyl sites for hydroxylation is 1. The van der Waals surface area contributed by atoms with Crippen molar-refractivity contribution in [3.63, 3.8) is 0 Å². The van der Waals surface area contributed by atoms with E-state index in [0.29, 0.717) is 13.1 Å². The summed E-state index contributed by atoms with van der Waals surface area (Å²) in [5.41, 5.74) is 1.22. The first-order valence-corrected chi connectivity index (χ1v) is 8.44. The molecule has 1 heterocycles. The van der Waals surface area contributed by atoms with Crippen molar-refractivity contribution in [3.8, 4) is 0 Å². The molecule has 5 nitrogen and oxygen atoms in total. The Kier molecular flexibility index (Phi) is 6.40. The van der Waals surface area contributed by atoms with Crippen LogP contribution in [0.4, 0.5) is 0 Å². The van der Waals surface area contributed by atoms with Crippen molar-refractivity contribution in [1.29, 1.82) is 0 Å². The third-order valence-electron chi connectivity index (χ3n) is 3.47. The molecule has 0 fully saturated rings. The van der Waals surface area contributed by atoms with Gasteiger partial charge in [0.25, 0.3) is 0 Å². The van der Waals surface area contributed by atoms with E-state index < -0.39 is 0 Å². The first-order valence-electron chi connectivity index (χ1n) is 7.56. The van der Waals surface area contributed by atoms with Crippen molar-refractivity contribution < 1.29 is 4.79 Å². The first-order chi connectivity index (χ1) is 11.1. The molecule has 1 unspecified atom stereocenters. The van der Waals surface area contributed by atoms with E-state index in [1.54, 1.807) is 12.4 Å². The topological polar surface area (TPSA) is 51.0 Å². The Morgan fingerprint density at radius 3 is 2.78 bits per heavy atom. The van der Waals surface area contributed by atoms with Gasteiger partial charge in [-0.25, -0.2) is 0 Å². The molecule has 2 rings (SSSR count). The quantitative estimate of drug-likeness (QED) is 0.551. The smallest absolute Gasteiger partial charge is 0.236 e. The number of hydrogen-bond acceptors (Lipinski definition) is 4. The molecule has 122 valence electrons. The molecule has 0 aliphatic rings. The lowest BCUT2D eigenvalue weighted by molar-refractivity contribution is -0.129. The van der Waals surface area contributed by atoms with E-state index in [1.165, 1.54) is 17.3 Å². The fourth-order valence-electron chi connectivity index (χ4n) is 2.20. The number of rotatable bonds is 8. The van der Waals surface area contributed by atoms with E-state index in [4.69, 9.17) is 0 Å². The Balaban J connectivity index is 1.96. The number of aromatic nitrogens is 3. The average molecular weight is 330 g/mol. The summed E-state index contributed by atoms with van der Waals surface area (Å²) in [7, 11) is 1.87. The molecule has 1 amide bonds. The summed E-state index contributed by atoms with van der Waals surface area (Å²) in [4.78, 5) is 14.5. The van der Waals surface area contributed by atoms with Gasteiger partial charge in [-0.1, -0.05) is 48.2 Å². The standard InChI is InChI=1S/C17H22N4OS/c1-4-11-21(12-10-15-8-6-5-7-9-15)16(22)14(2)23-17-19-18-13-20(17)3/h4-9,13-14H,1,10-12H2,2-3H3. The second-order valence-electron chi connectivity index (χ2n) is 5.29. The Bertz CT molecular complexity index is 641. The van der Waals surface area contributed by atoms with Gasteiger partial charge in [0.1, 0.15) is 6.33 Å². The normalized spacial score (nSPS) is 11.9. The molecule has 0 radical (unpaired) electrons. The van der Waals surface area contributed by atoms with Crippen molar-refractivity contribution in [2.75, 3.05) is 13.1 Å². The van der Waals surface area contributed by atoms with Crippen LogP contribution in [0.25, 0.3) is 0 Å². The predicted molar refractivity (Wildman–Crippen MR) is 93.2 cm³/mol. The van der Waals surface area contributed by atoms with E-state index in [0.717, 1.165) is 11.6 Å². The van der Waals surface area contributed by atoms with Gasteiger partial charge in [0, 0.05) is 20.1 Å². The highest BCUT2D eigenvalue weighted by molar-refractivity contribution is 8.00. The van der Waals surface area contributed by atoms with Gasteiger partial charge >= 0.3 is 0 Å². The number of benzene rings is 1. The van der Waals surface area contributed by atoms with Gasteiger partial charge in [-0.15, -0.1) is 16.8 Å². The van der Waals surface area contributed by atoms with Crippen molar-refractivity contribution in [2.24, 2.45) is 7.05 Å². The fraction of sp³-hybridized carbons (Fsp3) is 0.353. The molecule has 23 heavy (non-hydrogen) atoms. The largest absolute Gasteiger partial charge is 0.338 e. The maximum atomic E-state index is 12.7. The summed E-state index contributed by atoms with van der Waals surface area (Å²) >= 11 is 1.42. The summed E-state index contributed by atoms with van der Waals surface area (Å²) in [6, 6.07) is 10.2. The Morgan fingerprint density at radius 2 is 2.17 bits per heavy atom. The highest BCUT2D eigenvalue weighted by Crippen LogP contribution is 2.21. The number of amides is 1. The predicted octanol–water partition coefficient (Wildman–Crippen LogP) is 2.55. The lowest BCUT2D eigenvalue weighted by Gasteiger charge is -2.24. The molecule has 1 atom stereocenters. The number of thioether (sulfide) groups is 1. The molecule has 0 saturated heterocycles. The molecule has 6 heteroatoms. The maximum Gasteiger partial charge on any atom is 0.236 e. The van der Waals surface area contributed by atoms with Gasteiger partial charge in [0.2, 0.25) is 5.91 Å². The molecular formula is C17H22N4OS. The van der Waals surface area contributed by atoms with Gasteiger partial charge in [0.15, 0.2) is 5.16 Å².